The number of esters is 2. The first-order chi connectivity index (χ1) is 17.3. The molecule has 1 saturated carbocycles. The summed E-state index contributed by atoms with van der Waals surface area (Å²) in [5.74, 6) is -2.27. The average Bonchev–Trinajstić information content (AvgIpc) is 2.87. The minimum absolute atomic E-state index is 0.148. The highest BCUT2D eigenvalue weighted by Gasteiger charge is 2.48. The van der Waals surface area contributed by atoms with Gasteiger partial charge in [-0.05, 0) is 51.0 Å². The van der Waals surface area contributed by atoms with Crippen molar-refractivity contribution in [3.8, 4) is 11.5 Å². The fraction of sp³-hybridized carbons (Fsp3) is 0.536. The van der Waals surface area contributed by atoms with E-state index < -0.39 is 23.8 Å². The van der Waals surface area contributed by atoms with Crippen LogP contribution in [0.15, 0.2) is 40.7 Å². The Hall–Kier alpha value is -3.29. The number of ether oxygens (including phenoxy) is 4. The van der Waals surface area contributed by atoms with E-state index in [-0.39, 0.29) is 17.8 Å². The van der Waals surface area contributed by atoms with Gasteiger partial charge in [0, 0.05) is 28.6 Å². The number of Topliss-reactive ketones (excluding diaryl/α,β-unsaturated/α-hetero) is 1. The van der Waals surface area contributed by atoms with Gasteiger partial charge in [-0.2, -0.15) is 0 Å². The van der Waals surface area contributed by atoms with Crippen molar-refractivity contribution in [3.63, 3.8) is 0 Å². The molecule has 1 fully saturated rings. The molecule has 1 N–H and O–H groups in total. The SMILES string of the molecule is COC(=O)C1C(=O)C2=C(CC1C)NC(C)=C(C(=O)OC1CCCCC1)C2c1ccc(OC)cc1OC. The molecule has 8 heteroatoms. The largest absolute Gasteiger partial charge is 0.497 e. The number of dihydropyridines is 1. The number of carbonyl (C=O) groups excluding carboxylic acids is 3. The van der Waals surface area contributed by atoms with Crippen LogP contribution in [-0.4, -0.2) is 45.2 Å². The molecule has 1 aliphatic heterocycles. The van der Waals surface area contributed by atoms with Crippen molar-refractivity contribution in [3.05, 3.63) is 46.3 Å². The maximum absolute atomic E-state index is 13.9. The molecule has 0 radical (unpaired) electrons. The third-order valence-corrected chi connectivity index (χ3v) is 7.54. The van der Waals surface area contributed by atoms with Crippen molar-refractivity contribution in [2.75, 3.05) is 21.3 Å². The molecule has 0 aromatic heterocycles. The monoisotopic (exact) mass is 497 g/mol. The van der Waals surface area contributed by atoms with Crippen molar-refractivity contribution >= 4 is 17.7 Å². The topological polar surface area (TPSA) is 100 Å². The summed E-state index contributed by atoms with van der Waals surface area (Å²) in [6.45, 7) is 3.69. The minimum atomic E-state index is -0.948. The number of carbonyl (C=O) groups is 3. The molecule has 2 aliphatic carbocycles. The molecule has 0 bridgehead atoms. The van der Waals surface area contributed by atoms with Crippen LogP contribution >= 0.6 is 0 Å². The summed E-state index contributed by atoms with van der Waals surface area (Å²) in [5.41, 5.74) is 2.72. The van der Waals surface area contributed by atoms with Crippen LogP contribution in [0.5, 0.6) is 11.5 Å². The van der Waals surface area contributed by atoms with E-state index in [2.05, 4.69) is 5.32 Å². The van der Waals surface area contributed by atoms with Crippen molar-refractivity contribution in [1.82, 2.24) is 5.32 Å². The third kappa shape index (κ3) is 4.73. The number of nitrogens with one attached hydrogen (secondary N) is 1. The molecule has 0 saturated heterocycles. The predicted molar refractivity (Wildman–Crippen MR) is 132 cm³/mol. The van der Waals surface area contributed by atoms with Crippen molar-refractivity contribution in [2.45, 2.75) is 64.4 Å². The van der Waals surface area contributed by atoms with Gasteiger partial charge in [-0.25, -0.2) is 4.79 Å². The van der Waals surface area contributed by atoms with Gasteiger partial charge in [-0.1, -0.05) is 19.4 Å². The number of ketones is 1. The molecule has 0 amide bonds. The van der Waals surface area contributed by atoms with Crippen LogP contribution in [0.1, 0.15) is 63.9 Å². The molecule has 8 nitrogen and oxygen atoms in total. The predicted octanol–water partition coefficient (Wildman–Crippen LogP) is 4.19. The Morgan fingerprint density at radius 2 is 1.75 bits per heavy atom. The Balaban J connectivity index is 1.84. The molecule has 0 spiro atoms. The quantitative estimate of drug-likeness (QED) is 0.461. The molecule has 1 heterocycles. The van der Waals surface area contributed by atoms with Crippen LogP contribution in [0, 0.1) is 11.8 Å². The standard InChI is InChI=1S/C28H35NO7/c1-15-13-20-25(26(30)22(15)27(31)35-5)24(19-12-11-18(33-3)14-21(19)34-4)23(16(2)29-20)28(32)36-17-9-7-6-8-10-17/h11-12,14-15,17,22,24,29H,6-10,13H2,1-5H3. The zero-order valence-corrected chi connectivity index (χ0v) is 21.6. The molecule has 36 heavy (non-hydrogen) atoms. The minimum Gasteiger partial charge on any atom is -0.497 e. The second kappa shape index (κ2) is 10.8. The first kappa shape index (κ1) is 25.8. The van der Waals surface area contributed by atoms with E-state index >= 15 is 0 Å². The normalized spacial score (nSPS) is 24.6. The number of allylic oxidation sites excluding steroid dienone is 3. The van der Waals surface area contributed by atoms with E-state index in [0.29, 0.717) is 46.0 Å². The van der Waals surface area contributed by atoms with Crippen molar-refractivity contribution in [1.29, 1.82) is 0 Å². The lowest BCUT2D eigenvalue weighted by molar-refractivity contribution is -0.151. The van der Waals surface area contributed by atoms with E-state index in [1.807, 2.05) is 13.8 Å². The zero-order chi connectivity index (χ0) is 26.0. The first-order valence-electron chi connectivity index (χ1n) is 12.6. The van der Waals surface area contributed by atoms with Crippen LogP contribution < -0.4 is 14.8 Å². The number of methoxy groups -OCH3 is 3. The van der Waals surface area contributed by atoms with Gasteiger partial charge in [-0.3, -0.25) is 9.59 Å². The highest BCUT2D eigenvalue weighted by atomic mass is 16.5. The summed E-state index contributed by atoms with van der Waals surface area (Å²) in [6.07, 6.45) is 5.17. The van der Waals surface area contributed by atoms with Crippen molar-refractivity contribution < 1.29 is 33.3 Å². The lowest BCUT2D eigenvalue weighted by atomic mass is 9.69. The van der Waals surface area contributed by atoms with Gasteiger partial charge < -0.3 is 24.3 Å². The maximum atomic E-state index is 13.9. The summed E-state index contributed by atoms with van der Waals surface area (Å²) in [7, 11) is 4.38. The van der Waals surface area contributed by atoms with Gasteiger partial charge >= 0.3 is 11.9 Å². The Labute approximate surface area is 212 Å². The summed E-state index contributed by atoms with van der Waals surface area (Å²) in [5, 5.41) is 3.30. The van der Waals surface area contributed by atoms with E-state index in [4.69, 9.17) is 18.9 Å². The Kier molecular flexibility index (Phi) is 7.71. The van der Waals surface area contributed by atoms with Crippen LogP contribution in [0.4, 0.5) is 0 Å². The van der Waals surface area contributed by atoms with Crippen LogP contribution in [0.25, 0.3) is 0 Å². The lowest BCUT2D eigenvalue weighted by Gasteiger charge is -2.39. The highest BCUT2D eigenvalue weighted by molar-refractivity contribution is 6.12. The van der Waals surface area contributed by atoms with Crippen molar-refractivity contribution in [2.24, 2.45) is 11.8 Å². The fourth-order valence-corrected chi connectivity index (χ4v) is 5.72. The first-order valence-corrected chi connectivity index (χ1v) is 12.6. The highest BCUT2D eigenvalue weighted by Crippen LogP contribution is 2.48. The number of hydrogen-bond acceptors (Lipinski definition) is 8. The molecule has 3 aliphatic rings. The van der Waals surface area contributed by atoms with E-state index in [1.165, 1.54) is 14.2 Å². The molecule has 3 unspecified atom stereocenters. The summed E-state index contributed by atoms with van der Waals surface area (Å²) in [6, 6.07) is 5.30. The van der Waals surface area contributed by atoms with E-state index in [9.17, 15) is 14.4 Å². The number of rotatable bonds is 6. The van der Waals surface area contributed by atoms with Gasteiger partial charge in [0.1, 0.15) is 23.5 Å². The Morgan fingerprint density at radius 3 is 2.39 bits per heavy atom. The molecule has 194 valence electrons. The summed E-state index contributed by atoms with van der Waals surface area (Å²) in [4.78, 5) is 40.2. The fourth-order valence-electron chi connectivity index (χ4n) is 5.72. The Bertz CT molecular complexity index is 1110. The van der Waals surface area contributed by atoms with Crippen LogP contribution in [0.3, 0.4) is 0 Å². The van der Waals surface area contributed by atoms with Crippen LogP contribution in [0.2, 0.25) is 0 Å². The second-order valence-corrected chi connectivity index (χ2v) is 9.81. The Morgan fingerprint density at radius 1 is 1.03 bits per heavy atom. The number of benzene rings is 1. The molecular formula is C28H35NO7. The molecular weight excluding hydrogens is 462 g/mol. The summed E-state index contributed by atoms with van der Waals surface area (Å²) < 4.78 is 22.0. The third-order valence-electron chi connectivity index (χ3n) is 7.54. The average molecular weight is 498 g/mol. The van der Waals surface area contributed by atoms with Gasteiger partial charge in [0.2, 0.25) is 0 Å². The van der Waals surface area contributed by atoms with Crippen LogP contribution in [-0.2, 0) is 23.9 Å². The van der Waals surface area contributed by atoms with Gasteiger partial charge in [0.05, 0.1) is 32.8 Å². The van der Waals surface area contributed by atoms with Gasteiger partial charge in [-0.15, -0.1) is 0 Å². The molecule has 1 aromatic carbocycles. The van der Waals surface area contributed by atoms with Gasteiger partial charge in [0.25, 0.3) is 0 Å². The molecule has 3 atom stereocenters. The molecule has 1 aromatic rings. The smallest absolute Gasteiger partial charge is 0.337 e. The lowest BCUT2D eigenvalue weighted by Crippen LogP contribution is -2.43. The van der Waals surface area contributed by atoms with E-state index in [1.54, 1.807) is 25.3 Å². The second-order valence-electron chi connectivity index (χ2n) is 9.81. The van der Waals surface area contributed by atoms with E-state index in [0.717, 1.165) is 32.1 Å². The maximum Gasteiger partial charge on any atom is 0.337 e. The van der Waals surface area contributed by atoms with Gasteiger partial charge in [0.15, 0.2) is 5.78 Å². The summed E-state index contributed by atoms with van der Waals surface area (Å²) >= 11 is 0. The number of hydrogen-bond donors (Lipinski definition) is 1. The zero-order valence-electron chi connectivity index (χ0n) is 21.6. The molecule has 4 rings (SSSR count).